The summed E-state index contributed by atoms with van der Waals surface area (Å²) < 4.78 is 29.8. The van der Waals surface area contributed by atoms with Crippen LogP contribution in [-0.2, 0) is 25.6 Å². The molecule has 2 heterocycles. The van der Waals surface area contributed by atoms with Crippen LogP contribution >= 0.6 is 42.4 Å². The van der Waals surface area contributed by atoms with Gasteiger partial charge in [-0.25, -0.2) is 0 Å². The number of benzene rings is 1. The van der Waals surface area contributed by atoms with Gasteiger partial charge in [0.05, 0.1) is 18.6 Å². The summed E-state index contributed by atoms with van der Waals surface area (Å²) in [5, 5.41) is 19.2. The minimum Gasteiger partial charge on any atom is -0.493 e. The number of methoxy groups -OCH3 is 1. The van der Waals surface area contributed by atoms with Crippen molar-refractivity contribution < 1.29 is 33.3 Å². The second-order valence-electron chi connectivity index (χ2n) is 8.25. The maximum absolute atomic E-state index is 11.3. The summed E-state index contributed by atoms with van der Waals surface area (Å²) in [7, 11) is 2.28. The van der Waals surface area contributed by atoms with Crippen molar-refractivity contribution in [2.24, 2.45) is 0 Å². The van der Waals surface area contributed by atoms with Crippen molar-refractivity contribution in [3.8, 4) is 11.5 Å². The van der Waals surface area contributed by atoms with Gasteiger partial charge in [-0.3, -0.25) is 4.57 Å². The van der Waals surface area contributed by atoms with Crippen molar-refractivity contribution in [2.45, 2.75) is 46.6 Å². The molecule has 4 atom stereocenters. The van der Waals surface area contributed by atoms with Gasteiger partial charge in [0, 0.05) is 32.7 Å². The maximum atomic E-state index is 11.3. The molecule has 0 radical (unpaired) electrons. The number of alkyl halides is 3. The molecule has 1 unspecified atom stereocenters. The molecule has 0 aromatic heterocycles. The van der Waals surface area contributed by atoms with Gasteiger partial charge in [0.2, 0.25) is 9.64 Å². The quantitative estimate of drug-likeness (QED) is 0.333. The molecular formula is C21H29Cl3NO7P. The first-order valence-electron chi connectivity index (χ1n) is 10.3. The molecule has 4 rings (SSSR count). The molecule has 1 spiro atoms. The van der Waals surface area contributed by atoms with Crippen LogP contribution in [0.25, 0.3) is 0 Å². The van der Waals surface area contributed by atoms with Crippen LogP contribution in [0, 0.1) is 0 Å². The summed E-state index contributed by atoms with van der Waals surface area (Å²) in [6, 6.07) is 4.16. The molecule has 186 valence electrons. The van der Waals surface area contributed by atoms with Crippen LogP contribution in [0.1, 0.15) is 24.0 Å². The average Bonchev–Trinajstić information content (AvgIpc) is 3.03. The maximum Gasteiger partial charge on any atom is 0.362 e. The number of hydrogen-bond acceptors (Lipinski definition) is 8. The molecular weight excluding hydrogens is 516 g/mol. The van der Waals surface area contributed by atoms with E-state index in [1.807, 2.05) is 12.1 Å². The Kier molecular flexibility index (Phi) is 8.37. The summed E-state index contributed by atoms with van der Waals surface area (Å²) in [6.07, 6.45) is 5.38. The van der Waals surface area contributed by atoms with E-state index in [1.54, 1.807) is 7.11 Å². The lowest BCUT2D eigenvalue weighted by Crippen LogP contribution is -2.42. The van der Waals surface area contributed by atoms with E-state index in [0.717, 1.165) is 45.2 Å². The first kappa shape index (κ1) is 27.1. The van der Waals surface area contributed by atoms with E-state index in [9.17, 15) is 14.8 Å². The van der Waals surface area contributed by atoms with Gasteiger partial charge in [-0.1, -0.05) is 53.0 Å². The van der Waals surface area contributed by atoms with Crippen LogP contribution < -0.4 is 9.47 Å². The monoisotopic (exact) mass is 543 g/mol. The van der Waals surface area contributed by atoms with E-state index >= 15 is 0 Å². The molecule has 0 amide bonds. The molecule has 3 aliphatic rings. The van der Waals surface area contributed by atoms with E-state index in [0.29, 0.717) is 6.42 Å². The van der Waals surface area contributed by atoms with E-state index in [4.69, 9.17) is 44.3 Å². The minimum absolute atomic E-state index is 0.00838. The first-order valence-corrected chi connectivity index (χ1v) is 13.1. The SMILES string of the molecule is COP(=O)(OC)C(O)C(Cl)(Cl)Cl.COc1ccc2c3c1O[C@H]1C[C@@H](O)C=C[C@@]31CCN(C)C2. The van der Waals surface area contributed by atoms with Gasteiger partial charge in [0.1, 0.15) is 6.10 Å². The highest BCUT2D eigenvalue weighted by atomic mass is 35.6. The van der Waals surface area contributed by atoms with Gasteiger partial charge in [-0.2, -0.15) is 0 Å². The third-order valence-corrected chi connectivity index (χ3v) is 9.33. The van der Waals surface area contributed by atoms with Crippen LogP contribution in [0.15, 0.2) is 24.3 Å². The Balaban J connectivity index is 0.000000221. The summed E-state index contributed by atoms with van der Waals surface area (Å²) >= 11 is 15.8. The predicted molar refractivity (Wildman–Crippen MR) is 128 cm³/mol. The molecule has 2 aliphatic heterocycles. The Labute approximate surface area is 208 Å². The lowest BCUT2D eigenvalue weighted by molar-refractivity contribution is 0.0821. The molecule has 12 heteroatoms. The zero-order valence-corrected chi connectivity index (χ0v) is 22.0. The van der Waals surface area contributed by atoms with Crippen molar-refractivity contribution in [3.63, 3.8) is 0 Å². The van der Waals surface area contributed by atoms with Gasteiger partial charge < -0.3 is 33.6 Å². The molecule has 2 N–H and O–H groups in total. The fraction of sp³-hybridized carbons (Fsp3) is 0.619. The van der Waals surface area contributed by atoms with Gasteiger partial charge in [0.25, 0.3) is 0 Å². The molecule has 0 saturated heterocycles. The van der Waals surface area contributed by atoms with E-state index < -0.39 is 23.3 Å². The smallest absolute Gasteiger partial charge is 0.362 e. The van der Waals surface area contributed by atoms with Crippen molar-refractivity contribution in [1.29, 1.82) is 0 Å². The fourth-order valence-corrected chi connectivity index (χ4v) is 6.51. The van der Waals surface area contributed by atoms with Crippen molar-refractivity contribution >= 4 is 42.4 Å². The summed E-state index contributed by atoms with van der Waals surface area (Å²) in [6.45, 7) is 1.96. The standard InChI is InChI=1S/C17H21NO3.C4H8Cl3O4P/c1-18-8-7-17-6-5-12(19)9-14(17)21-16-13(20-2)4-3-11(10-18)15(16)17;1-10-12(9,11-2)3(8)4(5,6)7/h3-6,12,14,19H,7-10H2,1-2H3;3,8H,1-2H3/t12-,14-,17-;/m0./s1. The summed E-state index contributed by atoms with van der Waals surface area (Å²) in [4.78, 5) is 2.35. The van der Waals surface area contributed by atoms with Gasteiger partial charge >= 0.3 is 7.60 Å². The summed E-state index contributed by atoms with van der Waals surface area (Å²) in [5.74, 6) is -0.117. The van der Waals surface area contributed by atoms with E-state index in [2.05, 4.69) is 33.1 Å². The molecule has 33 heavy (non-hydrogen) atoms. The Hall–Kier alpha value is -0.540. The van der Waals surface area contributed by atoms with Gasteiger partial charge in [0.15, 0.2) is 11.5 Å². The Morgan fingerprint density at radius 2 is 1.94 bits per heavy atom. The third kappa shape index (κ3) is 5.20. The lowest BCUT2D eigenvalue weighted by atomic mass is 9.69. The van der Waals surface area contributed by atoms with Gasteiger partial charge in [-0.05, 0) is 31.6 Å². The number of aliphatic hydroxyl groups is 2. The number of nitrogens with zero attached hydrogens (tertiary/aromatic N) is 1. The molecule has 1 aromatic carbocycles. The van der Waals surface area contributed by atoms with E-state index in [1.165, 1.54) is 11.1 Å². The number of hydrogen-bond donors (Lipinski definition) is 2. The third-order valence-electron chi connectivity index (χ3n) is 6.25. The Bertz CT molecular complexity index is 933. The molecule has 1 aromatic rings. The first-order chi connectivity index (χ1) is 15.4. The zero-order valence-electron chi connectivity index (χ0n) is 18.8. The van der Waals surface area contributed by atoms with Crippen molar-refractivity contribution in [1.82, 2.24) is 4.90 Å². The van der Waals surface area contributed by atoms with Crippen LogP contribution in [0.5, 0.6) is 11.5 Å². The molecule has 8 nitrogen and oxygen atoms in total. The summed E-state index contributed by atoms with van der Waals surface area (Å²) in [5.41, 5.74) is 2.48. The Morgan fingerprint density at radius 3 is 2.48 bits per heavy atom. The molecule has 1 aliphatic carbocycles. The Morgan fingerprint density at radius 1 is 1.27 bits per heavy atom. The van der Waals surface area contributed by atoms with Gasteiger partial charge in [-0.15, -0.1) is 0 Å². The minimum atomic E-state index is -3.73. The normalized spacial score (nSPS) is 27.4. The van der Waals surface area contributed by atoms with E-state index in [-0.39, 0.29) is 11.5 Å². The number of halogens is 3. The molecule has 0 fully saturated rings. The highest BCUT2D eigenvalue weighted by molar-refractivity contribution is 7.54. The highest BCUT2D eigenvalue weighted by Crippen LogP contribution is 2.58. The van der Waals surface area contributed by atoms with Crippen LogP contribution in [0.2, 0.25) is 0 Å². The largest absolute Gasteiger partial charge is 0.493 e. The second kappa shape index (κ2) is 10.2. The predicted octanol–water partition coefficient (Wildman–Crippen LogP) is 4.01. The number of ether oxygens (including phenoxy) is 2. The number of aliphatic hydroxyl groups excluding tert-OH is 2. The van der Waals surface area contributed by atoms with Crippen LogP contribution in [-0.4, -0.2) is 71.9 Å². The van der Waals surface area contributed by atoms with Crippen molar-refractivity contribution in [3.05, 3.63) is 35.4 Å². The molecule has 0 saturated carbocycles. The van der Waals surface area contributed by atoms with Crippen molar-refractivity contribution in [2.75, 3.05) is 34.9 Å². The van der Waals surface area contributed by atoms with Crippen LogP contribution in [0.4, 0.5) is 0 Å². The average molecular weight is 545 g/mol. The second-order valence-corrected chi connectivity index (χ2v) is 12.9. The number of rotatable bonds is 4. The lowest BCUT2D eigenvalue weighted by Gasteiger charge is -2.35. The fourth-order valence-electron chi connectivity index (χ4n) is 4.53. The topological polar surface area (TPSA) is 97.7 Å². The zero-order chi connectivity index (χ0) is 24.6. The highest BCUT2D eigenvalue weighted by Gasteiger charge is 2.52. The van der Waals surface area contributed by atoms with Crippen LogP contribution in [0.3, 0.4) is 0 Å². The molecule has 0 bridgehead atoms.